The van der Waals surface area contributed by atoms with E-state index in [4.69, 9.17) is 5.73 Å². The summed E-state index contributed by atoms with van der Waals surface area (Å²) in [6, 6.07) is 6.36. The maximum Gasteiger partial charge on any atom is 0.224 e. The van der Waals surface area contributed by atoms with Crippen molar-refractivity contribution in [1.82, 2.24) is 4.90 Å². The van der Waals surface area contributed by atoms with Crippen LogP contribution >= 0.6 is 36.6 Å². The molecule has 1 aliphatic rings. The van der Waals surface area contributed by atoms with E-state index in [9.17, 15) is 4.79 Å². The number of anilines is 1. The van der Waals surface area contributed by atoms with E-state index in [1.807, 2.05) is 18.7 Å². The second-order valence-corrected chi connectivity index (χ2v) is 6.70. The quantitative estimate of drug-likeness (QED) is 0.797. The first-order valence-electron chi connectivity index (χ1n) is 7.58. The number of amides is 1. The van der Waals surface area contributed by atoms with E-state index in [0.29, 0.717) is 13.0 Å². The van der Waals surface area contributed by atoms with Crippen molar-refractivity contribution in [2.75, 3.05) is 36.5 Å². The fourth-order valence-corrected chi connectivity index (χ4v) is 3.37. The summed E-state index contributed by atoms with van der Waals surface area (Å²) in [5.41, 5.74) is 8.74. The third-order valence-electron chi connectivity index (χ3n) is 3.69. The van der Waals surface area contributed by atoms with Crippen molar-refractivity contribution >= 4 is 48.2 Å². The predicted octanol–water partition coefficient (Wildman–Crippen LogP) is 3.06. The number of halogens is 2. The van der Waals surface area contributed by atoms with Crippen LogP contribution in [-0.2, 0) is 11.3 Å². The van der Waals surface area contributed by atoms with Gasteiger partial charge in [0.15, 0.2) is 0 Å². The molecular weight excluding hydrogens is 353 g/mol. The molecule has 0 unspecified atom stereocenters. The standard InChI is InChI=1S/C16H25N3OS.2ClH/c1-13-4-5-14(12-19-7-9-21-10-8-19)11-15(13)18-16(20)3-2-6-17;;/h4-5,11H,2-3,6-10,12,17H2,1H3,(H,18,20);2*1H. The fourth-order valence-electron chi connectivity index (χ4n) is 2.39. The van der Waals surface area contributed by atoms with Gasteiger partial charge in [-0.3, -0.25) is 9.69 Å². The molecule has 1 aromatic rings. The number of carbonyl (C=O) groups excluding carboxylic acids is 1. The Hall–Kier alpha value is -0.460. The molecule has 1 aliphatic heterocycles. The van der Waals surface area contributed by atoms with Gasteiger partial charge in [0.05, 0.1) is 0 Å². The second-order valence-electron chi connectivity index (χ2n) is 5.48. The van der Waals surface area contributed by atoms with Crippen LogP contribution in [0.4, 0.5) is 5.69 Å². The zero-order valence-electron chi connectivity index (χ0n) is 13.5. The van der Waals surface area contributed by atoms with Gasteiger partial charge in [-0.1, -0.05) is 12.1 Å². The van der Waals surface area contributed by atoms with Crippen LogP contribution in [0.15, 0.2) is 18.2 Å². The first-order valence-corrected chi connectivity index (χ1v) is 8.74. The van der Waals surface area contributed by atoms with Crippen LogP contribution in [0.25, 0.3) is 0 Å². The molecule has 1 saturated heterocycles. The van der Waals surface area contributed by atoms with Crippen LogP contribution in [0.3, 0.4) is 0 Å². The molecule has 1 amide bonds. The van der Waals surface area contributed by atoms with Crippen LogP contribution in [0.1, 0.15) is 24.0 Å². The third kappa shape index (κ3) is 7.77. The Morgan fingerprint density at radius 2 is 2.00 bits per heavy atom. The average Bonchev–Trinajstić information content (AvgIpc) is 2.49. The van der Waals surface area contributed by atoms with Gasteiger partial charge >= 0.3 is 0 Å². The number of hydrogen-bond acceptors (Lipinski definition) is 4. The van der Waals surface area contributed by atoms with Crippen LogP contribution in [0.2, 0.25) is 0 Å². The minimum Gasteiger partial charge on any atom is -0.330 e. The Balaban J connectivity index is 0.00000242. The Labute approximate surface area is 155 Å². The number of nitrogens with two attached hydrogens (primary N) is 1. The number of rotatable bonds is 6. The highest BCUT2D eigenvalue weighted by atomic mass is 35.5. The number of thioether (sulfide) groups is 1. The predicted molar refractivity (Wildman–Crippen MR) is 105 cm³/mol. The van der Waals surface area contributed by atoms with Gasteiger partial charge in [0.2, 0.25) is 5.91 Å². The molecule has 0 aliphatic carbocycles. The van der Waals surface area contributed by atoms with Gasteiger partial charge in [0.25, 0.3) is 0 Å². The molecule has 0 bridgehead atoms. The lowest BCUT2D eigenvalue weighted by molar-refractivity contribution is -0.116. The lowest BCUT2D eigenvalue weighted by Crippen LogP contribution is -2.32. The summed E-state index contributed by atoms with van der Waals surface area (Å²) in [6.07, 6.45) is 1.22. The number of benzene rings is 1. The lowest BCUT2D eigenvalue weighted by Gasteiger charge is -2.26. The van der Waals surface area contributed by atoms with Gasteiger partial charge in [-0.05, 0) is 37.1 Å². The number of carbonyl (C=O) groups is 1. The number of aryl methyl sites for hydroxylation is 1. The largest absolute Gasteiger partial charge is 0.330 e. The highest BCUT2D eigenvalue weighted by Gasteiger charge is 2.12. The summed E-state index contributed by atoms with van der Waals surface area (Å²) in [4.78, 5) is 14.3. The van der Waals surface area contributed by atoms with E-state index >= 15 is 0 Å². The summed E-state index contributed by atoms with van der Waals surface area (Å²) in [7, 11) is 0. The van der Waals surface area contributed by atoms with Crippen molar-refractivity contribution in [3.63, 3.8) is 0 Å². The highest BCUT2D eigenvalue weighted by molar-refractivity contribution is 7.99. The Morgan fingerprint density at radius 1 is 1.30 bits per heavy atom. The molecule has 0 saturated carbocycles. The van der Waals surface area contributed by atoms with Crippen molar-refractivity contribution < 1.29 is 4.79 Å². The van der Waals surface area contributed by atoms with Crippen LogP contribution in [0.5, 0.6) is 0 Å². The average molecular weight is 380 g/mol. The molecule has 4 nitrogen and oxygen atoms in total. The van der Waals surface area contributed by atoms with Crippen LogP contribution < -0.4 is 11.1 Å². The molecule has 1 fully saturated rings. The molecule has 0 atom stereocenters. The molecule has 2 rings (SSSR count). The smallest absolute Gasteiger partial charge is 0.224 e. The van der Waals surface area contributed by atoms with Crippen LogP contribution in [-0.4, -0.2) is 41.9 Å². The van der Waals surface area contributed by atoms with Gasteiger partial charge in [-0.2, -0.15) is 11.8 Å². The molecule has 0 spiro atoms. The zero-order chi connectivity index (χ0) is 15.1. The van der Waals surface area contributed by atoms with Crippen molar-refractivity contribution in [2.45, 2.75) is 26.3 Å². The van der Waals surface area contributed by atoms with Gasteiger partial charge in [-0.25, -0.2) is 0 Å². The van der Waals surface area contributed by atoms with Gasteiger partial charge in [-0.15, -0.1) is 24.8 Å². The first kappa shape index (κ1) is 22.5. The summed E-state index contributed by atoms with van der Waals surface area (Å²) in [6.45, 7) is 5.85. The minimum atomic E-state index is 0. The Morgan fingerprint density at radius 3 is 2.65 bits per heavy atom. The lowest BCUT2D eigenvalue weighted by atomic mass is 10.1. The molecule has 7 heteroatoms. The summed E-state index contributed by atoms with van der Waals surface area (Å²) in [5.74, 6) is 2.48. The summed E-state index contributed by atoms with van der Waals surface area (Å²) >= 11 is 2.02. The molecule has 0 radical (unpaired) electrons. The van der Waals surface area contributed by atoms with Crippen molar-refractivity contribution in [2.24, 2.45) is 5.73 Å². The molecular formula is C16H27Cl2N3OS. The monoisotopic (exact) mass is 379 g/mol. The van der Waals surface area contributed by atoms with Gasteiger partial charge in [0.1, 0.15) is 0 Å². The highest BCUT2D eigenvalue weighted by Crippen LogP contribution is 2.20. The molecule has 3 N–H and O–H groups in total. The van der Waals surface area contributed by atoms with Crippen LogP contribution in [0, 0.1) is 6.92 Å². The van der Waals surface area contributed by atoms with Gasteiger partial charge in [0, 0.05) is 43.2 Å². The topological polar surface area (TPSA) is 58.4 Å². The minimum absolute atomic E-state index is 0. The van der Waals surface area contributed by atoms with E-state index in [2.05, 4.69) is 28.4 Å². The van der Waals surface area contributed by atoms with E-state index in [-0.39, 0.29) is 30.7 Å². The first-order chi connectivity index (χ1) is 10.2. The van der Waals surface area contributed by atoms with Gasteiger partial charge < -0.3 is 11.1 Å². The molecule has 1 aromatic carbocycles. The third-order valence-corrected chi connectivity index (χ3v) is 4.64. The molecule has 1 heterocycles. The maximum absolute atomic E-state index is 11.8. The maximum atomic E-state index is 11.8. The fraction of sp³-hybridized carbons (Fsp3) is 0.562. The number of nitrogens with one attached hydrogen (secondary N) is 1. The van der Waals surface area contributed by atoms with E-state index < -0.39 is 0 Å². The van der Waals surface area contributed by atoms with Crippen molar-refractivity contribution in [1.29, 1.82) is 0 Å². The summed E-state index contributed by atoms with van der Waals surface area (Å²) in [5, 5.41) is 3.01. The van der Waals surface area contributed by atoms with Crippen molar-refractivity contribution in [3.05, 3.63) is 29.3 Å². The van der Waals surface area contributed by atoms with E-state index in [1.165, 1.54) is 17.1 Å². The van der Waals surface area contributed by atoms with Crippen molar-refractivity contribution in [3.8, 4) is 0 Å². The summed E-state index contributed by atoms with van der Waals surface area (Å²) < 4.78 is 0. The SMILES string of the molecule is Cc1ccc(CN2CCSCC2)cc1NC(=O)CCCN.Cl.Cl. The molecule has 23 heavy (non-hydrogen) atoms. The number of hydrogen-bond donors (Lipinski definition) is 2. The Kier molecular flexibility index (Phi) is 11.7. The number of nitrogens with zero attached hydrogens (tertiary/aromatic N) is 1. The van der Waals surface area contributed by atoms with E-state index in [1.54, 1.807) is 0 Å². The molecule has 0 aromatic heterocycles. The Bertz CT molecular complexity index is 482. The van der Waals surface area contributed by atoms with E-state index in [0.717, 1.165) is 37.3 Å². The zero-order valence-corrected chi connectivity index (χ0v) is 16.0. The molecule has 132 valence electrons. The second kappa shape index (κ2) is 12.0. The normalized spacial score (nSPS) is 14.5.